The molecule has 1 aliphatic heterocycles. The number of amides is 1. The molecule has 33 heavy (non-hydrogen) atoms. The largest absolute Gasteiger partial charge is 0.355 e. The minimum atomic E-state index is 0.0739. The molecule has 2 aromatic heterocycles. The molecule has 2 saturated carbocycles. The lowest BCUT2D eigenvalue weighted by molar-refractivity contribution is -0.117. The summed E-state index contributed by atoms with van der Waals surface area (Å²) >= 11 is 1.41. The number of nitrogens with two attached hydrogens (primary N) is 1. The summed E-state index contributed by atoms with van der Waals surface area (Å²) in [5.74, 6) is 1.49. The van der Waals surface area contributed by atoms with Crippen molar-refractivity contribution in [1.29, 1.82) is 0 Å². The first kappa shape index (κ1) is 23.8. The van der Waals surface area contributed by atoms with Gasteiger partial charge in [0.2, 0.25) is 16.2 Å². The van der Waals surface area contributed by atoms with Gasteiger partial charge in [-0.2, -0.15) is 5.10 Å². The Hall–Kier alpha value is -2.33. The average molecular weight is 473 g/mol. The summed E-state index contributed by atoms with van der Waals surface area (Å²) in [5, 5.41) is 24.3. The fourth-order valence-corrected chi connectivity index (χ4v) is 6.34. The zero-order chi connectivity index (χ0) is 23.1. The second-order valence-electron chi connectivity index (χ2n) is 9.47. The van der Waals surface area contributed by atoms with E-state index in [1.165, 1.54) is 69.8 Å². The van der Waals surface area contributed by atoms with Crippen LogP contribution in [0.15, 0.2) is 18.3 Å². The lowest BCUT2D eigenvalue weighted by Gasteiger charge is -2.37. The van der Waals surface area contributed by atoms with Gasteiger partial charge in [-0.3, -0.25) is 4.79 Å². The molecular formula is C23H36N8OS. The van der Waals surface area contributed by atoms with E-state index in [1.54, 1.807) is 6.20 Å². The van der Waals surface area contributed by atoms with E-state index in [9.17, 15) is 4.79 Å². The van der Waals surface area contributed by atoms with Gasteiger partial charge in [0.15, 0.2) is 5.82 Å². The number of nitrogens with one attached hydrogen (secondary N) is 2. The Kier molecular flexibility index (Phi) is 8.08. The molecule has 3 heterocycles. The predicted molar refractivity (Wildman–Crippen MR) is 132 cm³/mol. The van der Waals surface area contributed by atoms with Gasteiger partial charge in [0.25, 0.3) is 0 Å². The zero-order valence-electron chi connectivity index (χ0n) is 19.5. The molecule has 180 valence electrons. The van der Waals surface area contributed by atoms with Crippen molar-refractivity contribution in [2.75, 3.05) is 35.7 Å². The minimum Gasteiger partial charge on any atom is -0.355 e. The van der Waals surface area contributed by atoms with E-state index in [1.807, 2.05) is 12.1 Å². The molecular weight excluding hydrogens is 436 g/mol. The molecule has 3 aliphatic rings. The summed E-state index contributed by atoms with van der Waals surface area (Å²) in [6.45, 7) is 1.78. The van der Waals surface area contributed by atoms with E-state index in [0.717, 1.165) is 30.5 Å². The molecule has 0 aromatic carbocycles. The smallest absolute Gasteiger partial charge is 0.226 e. The van der Waals surface area contributed by atoms with Crippen LogP contribution in [0, 0.1) is 11.3 Å². The number of carbonyl (C=O) groups excluding carboxylic acids is 1. The lowest BCUT2D eigenvalue weighted by Crippen LogP contribution is -2.27. The summed E-state index contributed by atoms with van der Waals surface area (Å²) in [6.07, 6.45) is 13.9. The number of carbonyl (C=O) groups is 1. The Balaban J connectivity index is 0.00000126. The van der Waals surface area contributed by atoms with Crippen LogP contribution in [0.25, 0.3) is 0 Å². The third kappa shape index (κ3) is 6.17. The molecule has 0 radical (unpaired) electrons. The van der Waals surface area contributed by atoms with Gasteiger partial charge in [0, 0.05) is 31.7 Å². The van der Waals surface area contributed by atoms with Crippen molar-refractivity contribution in [1.82, 2.24) is 20.4 Å². The maximum absolute atomic E-state index is 12.5. The maximum atomic E-state index is 12.5. The number of hydrogen-bond donors (Lipinski definition) is 3. The highest BCUT2D eigenvalue weighted by Gasteiger charge is 2.37. The fourth-order valence-electron chi connectivity index (χ4n) is 5.61. The molecule has 1 amide bonds. The highest BCUT2D eigenvalue weighted by molar-refractivity contribution is 7.19. The van der Waals surface area contributed by atoms with Crippen LogP contribution in [0.2, 0.25) is 0 Å². The predicted octanol–water partition coefficient (Wildman–Crippen LogP) is 3.67. The second-order valence-corrected chi connectivity index (χ2v) is 10.5. The number of aromatic nitrogens is 4. The van der Waals surface area contributed by atoms with Gasteiger partial charge >= 0.3 is 0 Å². The molecule has 10 heteroatoms. The van der Waals surface area contributed by atoms with Crippen LogP contribution in [0.3, 0.4) is 0 Å². The Morgan fingerprint density at radius 1 is 1.12 bits per heavy atom. The topological polar surface area (TPSA) is 122 Å². The summed E-state index contributed by atoms with van der Waals surface area (Å²) < 4.78 is 0. The second kappa shape index (κ2) is 11.2. The van der Waals surface area contributed by atoms with Gasteiger partial charge in [-0.05, 0) is 75.5 Å². The zero-order valence-corrected chi connectivity index (χ0v) is 20.3. The number of anilines is 3. The van der Waals surface area contributed by atoms with Crippen LogP contribution >= 0.6 is 11.3 Å². The normalized spacial score (nSPS) is 22.1. The molecule has 1 atom stereocenters. The average Bonchev–Trinajstić information content (AvgIpc) is 3.60. The molecule has 4 N–H and O–H groups in total. The number of hydrogen-bond acceptors (Lipinski definition) is 9. The first-order chi connectivity index (χ1) is 16.2. The molecule has 2 aliphatic carbocycles. The summed E-state index contributed by atoms with van der Waals surface area (Å²) in [5.41, 5.74) is 5.12. The van der Waals surface area contributed by atoms with E-state index in [2.05, 4.69) is 41.7 Å². The Morgan fingerprint density at radius 2 is 1.88 bits per heavy atom. The molecule has 1 spiro atoms. The summed E-state index contributed by atoms with van der Waals surface area (Å²) in [4.78, 5) is 14.8. The van der Waals surface area contributed by atoms with Crippen molar-refractivity contribution in [2.24, 2.45) is 17.1 Å². The molecule has 1 unspecified atom stereocenters. The number of rotatable bonds is 6. The molecule has 2 aromatic rings. The fraction of sp³-hybridized carbons (Fsp3) is 0.696. The van der Waals surface area contributed by atoms with Crippen molar-refractivity contribution < 1.29 is 4.79 Å². The molecule has 5 rings (SSSR count). The quantitative estimate of drug-likeness (QED) is 0.582. The first-order valence-corrected chi connectivity index (χ1v) is 13.0. The standard InChI is InChI=1S/C22H31N7OS.CH5N/c30-19(14-16-5-10-22(11-6-16)8-1-2-9-22)25-21-28-27-20(31-21)24-17-7-13-29(15-17)18-4-3-12-23-26-18;1-2/h3-4,12,16-17H,1-2,5-11,13-15H2,(H,24,27)(H,25,28,30);2H2,1H3. The molecule has 0 bridgehead atoms. The Morgan fingerprint density at radius 3 is 2.61 bits per heavy atom. The highest BCUT2D eigenvalue weighted by atomic mass is 32.1. The van der Waals surface area contributed by atoms with E-state index in [4.69, 9.17) is 0 Å². The minimum absolute atomic E-state index is 0.0739. The van der Waals surface area contributed by atoms with Gasteiger partial charge in [0.05, 0.1) is 0 Å². The van der Waals surface area contributed by atoms with E-state index < -0.39 is 0 Å². The maximum Gasteiger partial charge on any atom is 0.226 e. The third-order valence-corrected chi connectivity index (χ3v) is 8.14. The first-order valence-electron chi connectivity index (χ1n) is 12.2. The van der Waals surface area contributed by atoms with Crippen LogP contribution in [-0.4, -0.2) is 52.5 Å². The Labute approximate surface area is 199 Å². The monoisotopic (exact) mass is 472 g/mol. The molecule has 3 fully saturated rings. The van der Waals surface area contributed by atoms with Crippen molar-refractivity contribution in [3.8, 4) is 0 Å². The van der Waals surface area contributed by atoms with Crippen LogP contribution in [0.5, 0.6) is 0 Å². The van der Waals surface area contributed by atoms with Gasteiger partial charge in [-0.25, -0.2) is 0 Å². The summed E-state index contributed by atoms with van der Waals surface area (Å²) in [7, 11) is 1.50. The molecule has 1 saturated heterocycles. The SMILES string of the molecule is CN.O=C(CC1CCC2(CCCC2)CC1)Nc1nnc(NC2CCN(c3cccnn3)C2)s1. The van der Waals surface area contributed by atoms with Crippen LogP contribution < -0.4 is 21.3 Å². The van der Waals surface area contributed by atoms with E-state index in [-0.39, 0.29) is 11.9 Å². The van der Waals surface area contributed by atoms with Gasteiger partial charge in [-0.1, -0.05) is 24.2 Å². The highest BCUT2D eigenvalue weighted by Crippen LogP contribution is 2.50. The third-order valence-electron chi connectivity index (χ3n) is 7.37. The summed E-state index contributed by atoms with van der Waals surface area (Å²) in [6, 6.07) is 4.17. The van der Waals surface area contributed by atoms with Crippen LogP contribution in [0.4, 0.5) is 16.1 Å². The van der Waals surface area contributed by atoms with Crippen molar-refractivity contribution >= 4 is 33.3 Å². The van der Waals surface area contributed by atoms with E-state index in [0.29, 0.717) is 22.9 Å². The van der Waals surface area contributed by atoms with Crippen molar-refractivity contribution in [2.45, 2.75) is 70.3 Å². The Bertz CT molecular complexity index is 876. The van der Waals surface area contributed by atoms with E-state index >= 15 is 0 Å². The van der Waals surface area contributed by atoms with Gasteiger partial charge < -0.3 is 21.3 Å². The van der Waals surface area contributed by atoms with Gasteiger partial charge in [-0.15, -0.1) is 15.3 Å². The van der Waals surface area contributed by atoms with Crippen molar-refractivity contribution in [3.63, 3.8) is 0 Å². The van der Waals surface area contributed by atoms with Crippen molar-refractivity contribution in [3.05, 3.63) is 18.3 Å². The van der Waals surface area contributed by atoms with Crippen LogP contribution in [0.1, 0.15) is 64.2 Å². The van der Waals surface area contributed by atoms with Gasteiger partial charge in [0.1, 0.15) is 0 Å². The number of nitrogens with zero attached hydrogens (tertiary/aromatic N) is 5. The van der Waals surface area contributed by atoms with Crippen LogP contribution in [-0.2, 0) is 4.79 Å². The molecule has 9 nitrogen and oxygen atoms in total. The lowest BCUT2D eigenvalue weighted by atomic mass is 9.69.